The highest BCUT2D eigenvalue weighted by Gasteiger charge is 2.31. The lowest BCUT2D eigenvalue weighted by Gasteiger charge is -2.27. The van der Waals surface area contributed by atoms with E-state index in [-0.39, 0.29) is 23.8 Å². The van der Waals surface area contributed by atoms with Crippen molar-refractivity contribution in [3.05, 3.63) is 89.1 Å². The molecule has 0 saturated heterocycles. The molecule has 1 heterocycles. The number of benzene rings is 3. The van der Waals surface area contributed by atoms with Crippen LogP contribution < -0.4 is 29.4 Å². The quantitative estimate of drug-likeness (QED) is 0.326. The van der Waals surface area contributed by atoms with Crippen LogP contribution in [0.2, 0.25) is 0 Å². The Kier molecular flexibility index (Phi) is 7.79. The van der Waals surface area contributed by atoms with Crippen LogP contribution in [0.25, 0.3) is 0 Å². The fraction of sp³-hybridized carbons (Fsp3) is 0.214. The molecular formula is C28H25FN2O6. The monoisotopic (exact) mass is 504 g/mol. The predicted octanol–water partition coefficient (Wildman–Crippen LogP) is 4.83. The summed E-state index contributed by atoms with van der Waals surface area (Å²) < 4.78 is 40.8. The normalized spacial score (nSPS) is 14.2. The molecule has 9 heteroatoms. The average molecular weight is 505 g/mol. The van der Waals surface area contributed by atoms with Gasteiger partial charge in [0.15, 0.2) is 18.1 Å². The maximum Gasteiger partial charge on any atom is 0.349 e. The number of ether oxygens (including phenoxy) is 5. The Morgan fingerprint density at radius 3 is 2.38 bits per heavy atom. The third kappa shape index (κ3) is 5.76. The lowest BCUT2D eigenvalue weighted by molar-refractivity contribution is -0.136. The smallest absolute Gasteiger partial charge is 0.349 e. The highest BCUT2D eigenvalue weighted by Crippen LogP contribution is 2.45. The lowest BCUT2D eigenvalue weighted by atomic mass is 9.83. The molecule has 1 atom stereocenters. The Balaban J connectivity index is 1.58. The Bertz CT molecular complexity index is 1360. The lowest BCUT2D eigenvalue weighted by Crippen LogP contribution is -2.22. The van der Waals surface area contributed by atoms with E-state index in [2.05, 4.69) is 6.07 Å². The summed E-state index contributed by atoms with van der Waals surface area (Å²) in [5.74, 6) is 0.390. The van der Waals surface area contributed by atoms with Crippen molar-refractivity contribution in [2.45, 2.75) is 19.8 Å². The second-order valence-electron chi connectivity index (χ2n) is 7.91. The molecule has 4 rings (SSSR count). The molecule has 3 aromatic carbocycles. The van der Waals surface area contributed by atoms with Crippen molar-refractivity contribution in [2.75, 3.05) is 19.8 Å². The van der Waals surface area contributed by atoms with Gasteiger partial charge in [0, 0.05) is 11.6 Å². The van der Waals surface area contributed by atoms with E-state index in [1.807, 2.05) is 26.0 Å². The second kappa shape index (κ2) is 11.4. The zero-order valence-electron chi connectivity index (χ0n) is 20.3. The molecule has 190 valence electrons. The predicted molar refractivity (Wildman–Crippen MR) is 132 cm³/mol. The van der Waals surface area contributed by atoms with Gasteiger partial charge in [0.05, 0.1) is 19.1 Å². The van der Waals surface area contributed by atoms with Crippen molar-refractivity contribution in [1.82, 2.24) is 0 Å². The number of nitrogens with two attached hydrogens (primary N) is 1. The molecule has 0 saturated carbocycles. The van der Waals surface area contributed by atoms with Gasteiger partial charge in [-0.15, -0.1) is 0 Å². The van der Waals surface area contributed by atoms with Crippen LogP contribution in [0.3, 0.4) is 0 Å². The molecule has 0 radical (unpaired) electrons. The summed E-state index contributed by atoms with van der Waals surface area (Å²) in [6.45, 7) is 4.30. The molecule has 0 amide bonds. The van der Waals surface area contributed by atoms with Gasteiger partial charge in [-0.3, -0.25) is 0 Å². The summed E-state index contributed by atoms with van der Waals surface area (Å²) in [5.41, 5.74) is 7.78. The van der Waals surface area contributed by atoms with Crippen LogP contribution in [-0.2, 0) is 4.79 Å². The molecule has 1 unspecified atom stereocenters. The zero-order chi connectivity index (χ0) is 26.4. The van der Waals surface area contributed by atoms with Crippen LogP contribution in [0.4, 0.5) is 4.39 Å². The molecule has 0 aromatic heterocycles. The van der Waals surface area contributed by atoms with Crippen molar-refractivity contribution in [1.29, 1.82) is 5.26 Å². The van der Waals surface area contributed by atoms with E-state index < -0.39 is 17.7 Å². The molecule has 0 bridgehead atoms. The number of carbonyl (C=O) groups is 1. The largest absolute Gasteiger partial charge is 0.490 e. The first-order chi connectivity index (χ1) is 17.9. The Hall–Kier alpha value is -4.71. The number of allylic oxidation sites excluding steroid dienone is 1. The van der Waals surface area contributed by atoms with Gasteiger partial charge in [-0.1, -0.05) is 12.1 Å². The van der Waals surface area contributed by atoms with Crippen molar-refractivity contribution in [3.8, 4) is 34.8 Å². The van der Waals surface area contributed by atoms with E-state index in [4.69, 9.17) is 29.4 Å². The van der Waals surface area contributed by atoms with E-state index >= 15 is 0 Å². The average Bonchev–Trinajstić information content (AvgIpc) is 2.89. The number of fused-ring (bicyclic) bond motifs is 1. The van der Waals surface area contributed by atoms with Crippen molar-refractivity contribution >= 4 is 5.97 Å². The van der Waals surface area contributed by atoms with Gasteiger partial charge >= 0.3 is 5.97 Å². The summed E-state index contributed by atoms with van der Waals surface area (Å²) >= 11 is 0. The minimum atomic E-state index is -0.661. The third-order valence-corrected chi connectivity index (χ3v) is 5.49. The number of rotatable bonds is 9. The van der Waals surface area contributed by atoms with Crippen LogP contribution in [-0.4, -0.2) is 25.8 Å². The topological polar surface area (TPSA) is 113 Å². The maximum atomic E-state index is 13.0. The van der Waals surface area contributed by atoms with Gasteiger partial charge in [-0.05, 0) is 61.9 Å². The van der Waals surface area contributed by atoms with E-state index in [1.54, 1.807) is 18.2 Å². The number of nitriles is 1. The van der Waals surface area contributed by atoms with Gasteiger partial charge in [0.25, 0.3) is 0 Å². The highest BCUT2D eigenvalue weighted by molar-refractivity contribution is 5.74. The summed E-state index contributed by atoms with van der Waals surface area (Å²) in [4.78, 5) is 12.3. The SMILES string of the molecule is CCOc1ccc(C2C(C#N)=C(N)Oc3cc(OC(=O)COc4ccc(F)cc4)ccc32)cc1OCC. The van der Waals surface area contributed by atoms with E-state index in [0.717, 1.165) is 5.56 Å². The third-order valence-electron chi connectivity index (χ3n) is 5.49. The molecule has 0 aliphatic carbocycles. The Labute approximate surface area is 213 Å². The molecule has 2 N–H and O–H groups in total. The minimum absolute atomic E-state index is 0.0463. The molecule has 1 aliphatic rings. The molecule has 0 spiro atoms. The number of carbonyl (C=O) groups excluding carboxylic acids is 1. The first-order valence-electron chi connectivity index (χ1n) is 11.6. The van der Waals surface area contributed by atoms with Crippen LogP contribution >= 0.6 is 0 Å². The van der Waals surface area contributed by atoms with Crippen molar-refractivity contribution in [2.24, 2.45) is 5.73 Å². The number of halogens is 1. The van der Waals surface area contributed by atoms with E-state index in [0.29, 0.717) is 41.8 Å². The zero-order valence-corrected chi connectivity index (χ0v) is 20.3. The van der Waals surface area contributed by atoms with Gasteiger partial charge in [0.2, 0.25) is 5.88 Å². The fourth-order valence-electron chi connectivity index (χ4n) is 3.92. The van der Waals surface area contributed by atoms with Gasteiger partial charge in [-0.25, -0.2) is 9.18 Å². The van der Waals surface area contributed by atoms with Crippen molar-refractivity contribution < 1.29 is 32.9 Å². The summed E-state index contributed by atoms with van der Waals surface area (Å²) in [6, 6.07) is 17.7. The molecule has 1 aliphatic heterocycles. The van der Waals surface area contributed by atoms with Crippen LogP contribution in [0.5, 0.6) is 28.7 Å². The van der Waals surface area contributed by atoms with Gasteiger partial charge < -0.3 is 29.4 Å². The molecular weight excluding hydrogens is 479 g/mol. The first kappa shape index (κ1) is 25.4. The number of esters is 1. The van der Waals surface area contributed by atoms with Crippen LogP contribution in [0.15, 0.2) is 72.1 Å². The molecule has 37 heavy (non-hydrogen) atoms. The summed E-state index contributed by atoms with van der Waals surface area (Å²) in [7, 11) is 0. The maximum absolute atomic E-state index is 13.0. The Morgan fingerprint density at radius 2 is 1.68 bits per heavy atom. The standard InChI is InChI=1S/C28H25FN2O6/c1-3-33-23-12-5-17(13-25(23)34-4-2)27-21-11-10-20(14-24(21)37-28(31)22(27)15-30)36-26(32)16-35-19-8-6-18(29)7-9-19/h5-14,27H,3-4,16,31H2,1-2H3. The number of hydrogen-bond acceptors (Lipinski definition) is 8. The van der Waals surface area contributed by atoms with Gasteiger partial charge in [0.1, 0.15) is 34.7 Å². The van der Waals surface area contributed by atoms with Crippen LogP contribution in [0, 0.1) is 17.1 Å². The minimum Gasteiger partial charge on any atom is -0.490 e. The molecule has 8 nitrogen and oxygen atoms in total. The Morgan fingerprint density at radius 1 is 0.973 bits per heavy atom. The number of hydrogen-bond donors (Lipinski definition) is 1. The number of nitrogens with zero attached hydrogens (tertiary/aromatic N) is 1. The summed E-state index contributed by atoms with van der Waals surface area (Å²) in [6.07, 6.45) is 0. The second-order valence-corrected chi connectivity index (χ2v) is 7.91. The van der Waals surface area contributed by atoms with Gasteiger partial charge in [-0.2, -0.15) is 5.26 Å². The first-order valence-corrected chi connectivity index (χ1v) is 11.6. The molecule has 0 fully saturated rings. The molecule has 3 aromatic rings. The highest BCUT2D eigenvalue weighted by atomic mass is 19.1. The van der Waals surface area contributed by atoms with E-state index in [9.17, 15) is 14.4 Å². The van der Waals surface area contributed by atoms with Crippen LogP contribution in [0.1, 0.15) is 30.9 Å². The summed E-state index contributed by atoms with van der Waals surface area (Å²) in [5, 5.41) is 9.84. The fourth-order valence-corrected chi connectivity index (χ4v) is 3.92. The van der Waals surface area contributed by atoms with E-state index in [1.165, 1.54) is 30.3 Å². The van der Waals surface area contributed by atoms with Crippen molar-refractivity contribution in [3.63, 3.8) is 0 Å².